The Morgan fingerprint density at radius 3 is 2.95 bits per heavy atom. The fraction of sp³-hybridized carbons (Fsp3) is 0.500. The van der Waals surface area contributed by atoms with E-state index in [9.17, 15) is 4.79 Å². The van der Waals surface area contributed by atoms with E-state index in [1.54, 1.807) is 19.2 Å². The van der Waals surface area contributed by atoms with Gasteiger partial charge in [-0.1, -0.05) is 23.7 Å². The van der Waals surface area contributed by atoms with E-state index in [1.165, 1.54) is 0 Å². The van der Waals surface area contributed by atoms with Crippen molar-refractivity contribution in [1.82, 2.24) is 5.32 Å². The molecule has 0 spiro atoms. The Morgan fingerprint density at radius 1 is 1.42 bits per heavy atom. The summed E-state index contributed by atoms with van der Waals surface area (Å²) in [4.78, 5) is 11.8. The van der Waals surface area contributed by atoms with Gasteiger partial charge >= 0.3 is 0 Å². The Bertz CT molecular complexity index is 439. The molecule has 0 heterocycles. The molecule has 2 rings (SSSR count). The zero-order chi connectivity index (χ0) is 13.7. The summed E-state index contributed by atoms with van der Waals surface area (Å²) >= 11 is 5.99. The molecule has 1 aliphatic rings. The van der Waals surface area contributed by atoms with Crippen LogP contribution in [0.5, 0.6) is 0 Å². The number of rotatable bonds is 5. The largest absolute Gasteiger partial charge is 0.380 e. The lowest BCUT2D eigenvalue weighted by atomic mass is 10.2. The van der Waals surface area contributed by atoms with Gasteiger partial charge in [0.2, 0.25) is 5.91 Å². The number of anilines is 1. The number of nitrogens with one attached hydrogen (secondary N) is 2. The van der Waals surface area contributed by atoms with Crippen LogP contribution in [0.3, 0.4) is 0 Å². The monoisotopic (exact) mass is 282 g/mol. The number of benzene rings is 1. The molecule has 5 heteroatoms. The van der Waals surface area contributed by atoms with Crippen molar-refractivity contribution in [2.75, 3.05) is 19.0 Å². The minimum Gasteiger partial charge on any atom is -0.380 e. The Balaban J connectivity index is 1.80. The van der Waals surface area contributed by atoms with Crippen molar-refractivity contribution in [3.63, 3.8) is 0 Å². The third-order valence-electron chi connectivity index (χ3n) is 3.43. The number of hydrogen-bond acceptors (Lipinski definition) is 3. The highest BCUT2D eigenvalue weighted by Gasteiger charge is 2.26. The van der Waals surface area contributed by atoms with Crippen LogP contribution in [0.1, 0.15) is 19.3 Å². The predicted molar refractivity (Wildman–Crippen MR) is 76.5 cm³/mol. The van der Waals surface area contributed by atoms with Gasteiger partial charge in [-0.05, 0) is 31.4 Å². The molecule has 2 unspecified atom stereocenters. The second kappa shape index (κ2) is 6.89. The molecule has 0 saturated heterocycles. The number of halogens is 1. The minimum atomic E-state index is -0.0881. The molecule has 1 aliphatic carbocycles. The highest BCUT2D eigenvalue weighted by molar-refractivity contribution is 6.33. The van der Waals surface area contributed by atoms with Crippen LogP contribution in [-0.4, -0.2) is 31.7 Å². The van der Waals surface area contributed by atoms with Crippen LogP contribution in [0, 0.1) is 0 Å². The van der Waals surface area contributed by atoms with E-state index in [4.69, 9.17) is 16.3 Å². The van der Waals surface area contributed by atoms with Gasteiger partial charge < -0.3 is 15.4 Å². The first-order valence-electron chi connectivity index (χ1n) is 6.51. The van der Waals surface area contributed by atoms with Crippen LogP contribution in [0.4, 0.5) is 5.69 Å². The first-order chi connectivity index (χ1) is 9.20. The molecule has 104 valence electrons. The third-order valence-corrected chi connectivity index (χ3v) is 3.76. The molecule has 2 atom stereocenters. The summed E-state index contributed by atoms with van der Waals surface area (Å²) < 4.78 is 5.38. The first-order valence-corrected chi connectivity index (χ1v) is 6.89. The lowest BCUT2D eigenvalue weighted by molar-refractivity contribution is -0.115. The van der Waals surface area contributed by atoms with Gasteiger partial charge in [-0.2, -0.15) is 0 Å². The van der Waals surface area contributed by atoms with Crippen molar-refractivity contribution in [3.05, 3.63) is 29.3 Å². The van der Waals surface area contributed by atoms with Gasteiger partial charge in [0.05, 0.1) is 23.4 Å². The number of ether oxygens (including phenoxy) is 1. The van der Waals surface area contributed by atoms with Gasteiger partial charge in [-0.15, -0.1) is 0 Å². The summed E-state index contributed by atoms with van der Waals surface area (Å²) in [7, 11) is 1.72. The minimum absolute atomic E-state index is 0.0881. The maximum absolute atomic E-state index is 11.8. The van der Waals surface area contributed by atoms with E-state index in [0.29, 0.717) is 10.7 Å². The smallest absolute Gasteiger partial charge is 0.238 e. The first kappa shape index (κ1) is 14.3. The van der Waals surface area contributed by atoms with Gasteiger partial charge in [0, 0.05) is 13.2 Å². The van der Waals surface area contributed by atoms with Gasteiger partial charge in [-0.3, -0.25) is 4.79 Å². The van der Waals surface area contributed by atoms with Crippen LogP contribution in [-0.2, 0) is 9.53 Å². The third kappa shape index (κ3) is 3.93. The molecular weight excluding hydrogens is 264 g/mol. The number of hydrogen-bond donors (Lipinski definition) is 2. The molecule has 0 bridgehead atoms. The molecule has 0 aliphatic heterocycles. The fourth-order valence-corrected chi connectivity index (χ4v) is 2.61. The van der Waals surface area contributed by atoms with E-state index in [0.717, 1.165) is 19.3 Å². The molecule has 0 radical (unpaired) electrons. The molecule has 0 aromatic heterocycles. The molecule has 4 nitrogen and oxygen atoms in total. The molecule has 1 fully saturated rings. The quantitative estimate of drug-likeness (QED) is 0.872. The maximum Gasteiger partial charge on any atom is 0.238 e. The van der Waals surface area contributed by atoms with Gasteiger partial charge in [-0.25, -0.2) is 0 Å². The molecule has 1 saturated carbocycles. The summed E-state index contributed by atoms with van der Waals surface area (Å²) in [6, 6.07) is 7.48. The summed E-state index contributed by atoms with van der Waals surface area (Å²) in [5.74, 6) is -0.0881. The second-order valence-corrected chi connectivity index (χ2v) is 5.13. The van der Waals surface area contributed by atoms with Gasteiger partial charge in [0.15, 0.2) is 0 Å². The van der Waals surface area contributed by atoms with Gasteiger partial charge in [0.1, 0.15) is 0 Å². The number of carbonyl (C=O) groups excluding carboxylic acids is 1. The normalized spacial score (nSPS) is 22.4. The Kier molecular flexibility index (Phi) is 5.19. The van der Waals surface area contributed by atoms with E-state index in [2.05, 4.69) is 10.6 Å². The van der Waals surface area contributed by atoms with Crippen molar-refractivity contribution in [2.24, 2.45) is 0 Å². The van der Waals surface area contributed by atoms with Crippen LogP contribution in [0.25, 0.3) is 0 Å². The molecule has 2 N–H and O–H groups in total. The van der Waals surface area contributed by atoms with Crippen LogP contribution < -0.4 is 10.6 Å². The Morgan fingerprint density at radius 2 is 2.21 bits per heavy atom. The average Bonchev–Trinajstić information content (AvgIpc) is 2.86. The fourth-order valence-electron chi connectivity index (χ4n) is 2.42. The number of amides is 1. The lowest BCUT2D eigenvalue weighted by Crippen LogP contribution is -2.41. The average molecular weight is 283 g/mol. The highest BCUT2D eigenvalue weighted by Crippen LogP contribution is 2.22. The maximum atomic E-state index is 11.8. The lowest BCUT2D eigenvalue weighted by Gasteiger charge is -2.19. The molecule has 1 aromatic carbocycles. The summed E-state index contributed by atoms with van der Waals surface area (Å²) in [6.45, 7) is 0.274. The van der Waals surface area contributed by atoms with Crippen LogP contribution >= 0.6 is 11.6 Å². The SMILES string of the molecule is COC1CCCC1NCC(=O)Nc1ccccc1Cl. The van der Waals surface area contributed by atoms with E-state index < -0.39 is 0 Å². The highest BCUT2D eigenvalue weighted by atomic mass is 35.5. The summed E-state index contributed by atoms with van der Waals surface area (Å²) in [5, 5.41) is 6.58. The molecule has 1 amide bonds. The van der Waals surface area contributed by atoms with E-state index in [1.807, 2.05) is 12.1 Å². The Hall–Kier alpha value is -1.10. The molecule has 19 heavy (non-hydrogen) atoms. The zero-order valence-corrected chi connectivity index (χ0v) is 11.7. The van der Waals surface area contributed by atoms with Crippen LogP contribution in [0.15, 0.2) is 24.3 Å². The van der Waals surface area contributed by atoms with E-state index >= 15 is 0 Å². The summed E-state index contributed by atoms with van der Waals surface area (Å²) in [6.07, 6.45) is 3.47. The van der Waals surface area contributed by atoms with Crippen molar-refractivity contribution in [2.45, 2.75) is 31.4 Å². The number of methoxy groups -OCH3 is 1. The zero-order valence-electron chi connectivity index (χ0n) is 11.0. The van der Waals surface area contributed by atoms with Crippen molar-refractivity contribution < 1.29 is 9.53 Å². The number of para-hydroxylation sites is 1. The van der Waals surface area contributed by atoms with Gasteiger partial charge in [0.25, 0.3) is 0 Å². The van der Waals surface area contributed by atoms with Crippen LogP contribution in [0.2, 0.25) is 5.02 Å². The standard InChI is InChI=1S/C14H19ClN2O2/c1-19-13-8-4-7-12(13)16-9-14(18)17-11-6-3-2-5-10(11)15/h2-3,5-6,12-13,16H,4,7-9H2,1H3,(H,17,18). The van der Waals surface area contributed by atoms with Crippen molar-refractivity contribution >= 4 is 23.2 Å². The van der Waals surface area contributed by atoms with Crippen molar-refractivity contribution in [3.8, 4) is 0 Å². The molecule has 1 aromatic rings. The van der Waals surface area contributed by atoms with E-state index in [-0.39, 0.29) is 24.6 Å². The predicted octanol–water partition coefficient (Wildman–Crippen LogP) is 2.44. The topological polar surface area (TPSA) is 50.4 Å². The Labute approximate surface area is 118 Å². The molecular formula is C14H19ClN2O2. The van der Waals surface area contributed by atoms with Crippen molar-refractivity contribution in [1.29, 1.82) is 0 Å². The summed E-state index contributed by atoms with van der Waals surface area (Å²) in [5.41, 5.74) is 0.644. The number of carbonyl (C=O) groups is 1. The second-order valence-electron chi connectivity index (χ2n) is 4.72.